The van der Waals surface area contributed by atoms with Crippen LogP contribution in [0, 0.1) is 11.7 Å². The molecule has 7 nitrogen and oxygen atoms in total. The first kappa shape index (κ1) is 24.1. The van der Waals surface area contributed by atoms with Gasteiger partial charge in [0.15, 0.2) is 5.03 Å². The van der Waals surface area contributed by atoms with Crippen molar-refractivity contribution in [1.29, 1.82) is 0 Å². The van der Waals surface area contributed by atoms with Crippen molar-refractivity contribution in [3.05, 3.63) is 83.1 Å². The molecule has 2 unspecified atom stereocenters. The summed E-state index contributed by atoms with van der Waals surface area (Å²) in [7, 11) is -2.20. The van der Waals surface area contributed by atoms with Crippen molar-refractivity contribution in [2.24, 2.45) is 13.0 Å². The molecule has 2 aromatic carbocycles. The minimum absolute atomic E-state index is 0.00597. The summed E-state index contributed by atoms with van der Waals surface area (Å²) >= 11 is 0. The number of carbonyl (C=O) groups excluding carboxylic acids is 1. The topological polar surface area (TPSA) is 90.3 Å². The SMILES string of the molecule is CCOC(=O)CC1Cc2cc(F)c(CNS(=O)(=O)c3cn(C)cn3)cc2C1Cc1ccccc1. The van der Waals surface area contributed by atoms with E-state index >= 15 is 0 Å². The van der Waals surface area contributed by atoms with Crippen LogP contribution in [0.25, 0.3) is 0 Å². The number of nitrogens with zero attached hydrogens (tertiary/aromatic N) is 2. The van der Waals surface area contributed by atoms with Gasteiger partial charge in [-0.15, -0.1) is 0 Å². The zero-order valence-corrected chi connectivity index (χ0v) is 20.0. The van der Waals surface area contributed by atoms with E-state index in [1.54, 1.807) is 20.0 Å². The molecule has 0 saturated carbocycles. The van der Waals surface area contributed by atoms with Gasteiger partial charge in [-0.1, -0.05) is 36.4 Å². The molecular formula is C25H28FN3O4S. The predicted molar refractivity (Wildman–Crippen MR) is 125 cm³/mol. The number of aromatic nitrogens is 2. The lowest BCUT2D eigenvalue weighted by molar-refractivity contribution is -0.144. The van der Waals surface area contributed by atoms with E-state index in [1.807, 2.05) is 30.3 Å². The number of imidazole rings is 1. The van der Waals surface area contributed by atoms with Gasteiger partial charge in [-0.05, 0) is 54.4 Å². The van der Waals surface area contributed by atoms with Crippen LogP contribution >= 0.6 is 0 Å². The highest BCUT2D eigenvalue weighted by atomic mass is 32.2. The van der Waals surface area contributed by atoms with Crippen molar-refractivity contribution >= 4 is 16.0 Å². The molecule has 180 valence electrons. The molecule has 4 rings (SSSR count). The molecule has 1 N–H and O–H groups in total. The number of halogens is 1. The van der Waals surface area contributed by atoms with Crippen molar-refractivity contribution in [3.8, 4) is 0 Å². The fourth-order valence-electron chi connectivity index (χ4n) is 4.58. The summed E-state index contributed by atoms with van der Waals surface area (Å²) in [6, 6.07) is 13.2. The van der Waals surface area contributed by atoms with E-state index in [0.29, 0.717) is 19.4 Å². The molecular weight excluding hydrogens is 457 g/mol. The van der Waals surface area contributed by atoms with Gasteiger partial charge in [-0.2, -0.15) is 0 Å². The fraction of sp³-hybridized carbons (Fsp3) is 0.360. The highest BCUT2D eigenvalue weighted by Gasteiger charge is 2.35. The maximum Gasteiger partial charge on any atom is 0.306 e. The number of benzene rings is 2. The number of ether oxygens (including phenoxy) is 1. The maximum absolute atomic E-state index is 14.9. The smallest absolute Gasteiger partial charge is 0.306 e. The number of hydrogen-bond acceptors (Lipinski definition) is 5. The van der Waals surface area contributed by atoms with E-state index in [-0.39, 0.29) is 41.4 Å². The van der Waals surface area contributed by atoms with Crippen LogP contribution in [0.5, 0.6) is 0 Å². The summed E-state index contributed by atoms with van der Waals surface area (Å²) in [6.07, 6.45) is 4.30. The van der Waals surface area contributed by atoms with E-state index in [4.69, 9.17) is 4.74 Å². The lowest BCUT2D eigenvalue weighted by Gasteiger charge is -2.20. The second-order valence-electron chi connectivity index (χ2n) is 8.61. The first-order chi connectivity index (χ1) is 16.3. The molecule has 1 aromatic heterocycles. The lowest BCUT2D eigenvalue weighted by atomic mass is 9.84. The Morgan fingerprint density at radius 3 is 2.71 bits per heavy atom. The molecule has 0 saturated heterocycles. The van der Waals surface area contributed by atoms with Gasteiger partial charge >= 0.3 is 5.97 Å². The molecule has 34 heavy (non-hydrogen) atoms. The summed E-state index contributed by atoms with van der Waals surface area (Å²) in [5.41, 5.74) is 3.18. The number of fused-ring (bicyclic) bond motifs is 1. The summed E-state index contributed by atoms with van der Waals surface area (Å²) in [5.74, 6) is -0.762. The average Bonchev–Trinajstić information content (AvgIpc) is 3.37. The van der Waals surface area contributed by atoms with Crippen LogP contribution in [0.1, 0.15) is 41.5 Å². The van der Waals surface area contributed by atoms with Crippen LogP contribution in [-0.2, 0) is 46.0 Å². The molecule has 1 aliphatic rings. The molecule has 0 fully saturated rings. The standard InChI is InChI=1S/C25H28FN3O4S/c1-3-33-25(30)13-19-10-18-12-23(26)20(14-28-34(31,32)24-15-29(2)16-27-24)11-22(18)21(19)9-17-7-5-4-6-8-17/h4-8,11-12,15-16,19,21,28H,3,9-10,13-14H2,1-2H3. The van der Waals surface area contributed by atoms with Gasteiger partial charge in [0.1, 0.15) is 5.82 Å². The highest BCUT2D eigenvalue weighted by Crippen LogP contribution is 2.43. The van der Waals surface area contributed by atoms with Crippen LogP contribution in [0.15, 0.2) is 60.0 Å². The van der Waals surface area contributed by atoms with Crippen molar-refractivity contribution in [2.45, 2.75) is 43.7 Å². The molecule has 9 heteroatoms. The van der Waals surface area contributed by atoms with Gasteiger partial charge in [0, 0.05) is 31.8 Å². The first-order valence-corrected chi connectivity index (χ1v) is 12.7. The van der Waals surface area contributed by atoms with Gasteiger partial charge in [0.25, 0.3) is 10.0 Å². The number of aryl methyl sites for hydroxylation is 1. The van der Waals surface area contributed by atoms with Crippen molar-refractivity contribution < 1.29 is 22.3 Å². The first-order valence-electron chi connectivity index (χ1n) is 11.2. The van der Waals surface area contributed by atoms with E-state index in [2.05, 4.69) is 9.71 Å². The molecule has 0 spiro atoms. The molecule has 0 aliphatic heterocycles. The van der Waals surface area contributed by atoms with Crippen LogP contribution in [0.2, 0.25) is 0 Å². The number of esters is 1. The fourth-order valence-corrected chi connectivity index (χ4v) is 5.57. The zero-order valence-electron chi connectivity index (χ0n) is 19.2. The number of rotatable bonds is 9. The van der Waals surface area contributed by atoms with E-state index in [1.165, 1.54) is 23.2 Å². The predicted octanol–water partition coefficient (Wildman–Crippen LogP) is 3.49. The van der Waals surface area contributed by atoms with E-state index < -0.39 is 15.8 Å². The van der Waals surface area contributed by atoms with Crippen molar-refractivity contribution in [2.75, 3.05) is 6.61 Å². The maximum atomic E-state index is 14.9. The summed E-state index contributed by atoms with van der Waals surface area (Å²) in [4.78, 5) is 16.1. The lowest BCUT2D eigenvalue weighted by Crippen LogP contribution is -2.24. The second kappa shape index (κ2) is 10.1. The van der Waals surface area contributed by atoms with Crippen LogP contribution < -0.4 is 4.72 Å². The second-order valence-corrected chi connectivity index (χ2v) is 10.3. The Morgan fingerprint density at radius 1 is 1.26 bits per heavy atom. The van der Waals surface area contributed by atoms with E-state index in [0.717, 1.165) is 16.7 Å². The average molecular weight is 486 g/mol. The third kappa shape index (κ3) is 5.37. The van der Waals surface area contributed by atoms with Gasteiger partial charge in [-0.25, -0.2) is 22.5 Å². The van der Waals surface area contributed by atoms with E-state index in [9.17, 15) is 17.6 Å². The molecule has 0 bridgehead atoms. The van der Waals surface area contributed by atoms with Crippen molar-refractivity contribution in [1.82, 2.24) is 14.3 Å². The van der Waals surface area contributed by atoms with Crippen LogP contribution in [0.3, 0.4) is 0 Å². The molecule has 0 radical (unpaired) electrons. The van der Waals surface area contributed by atoms with Gasteiger partial charge in [-0.3, -0.25) is 4.79 Å². The molecule has 0 amide bonds. The summed E-state index contributed by atoms with van der Waals surface area (Å²) < 4.78 is 49.2. The largest absolute Gasteiger partial charge is 0.466 e. The molecule has 1 aliphatic carbocycles. The Balaban J connectivity index is 1.60. The number of nitrogens with one attached hydrogen (secondary N) is 1. The number of sulfonamides is 1. The Morgan fingerprint density at radius 2 is 2.03 bits per heavy atom. The van der Waals surface area contributed by atoms with Crippen LogP contribution in [-0.4, -0.2) is 30.5 Å². The van der Waals surface area contributed by atoms with Gasteiger partial charge < -0.3 is 9.30 Å². The molecule has 3 aromatic rings. The Hall–Kier alpha value is -3.04. The Kier molecular flexibility index (Phi) is 7.13. The third-order valence-electron chi connectivity index (χ3n) is 6.20. The summed E-state index contributed by atoms with van der Waals surface area (Å²) in [6.45, 7) is 1.89. The minimum Gasteiger partial charge on any atom is -0.466 e. The normalized spacial score (nSPS) is 17.5. The van der Waals surface area contributed by atoms with Crippen LogP contribution in [0.4, 0.5) is 4.39 Å². The minimum atomic E-state index is -3.87. The zero-order chi connectivity index (χ0) is 24.3. The molecule has 2 atom stereocenters. The molecule has 1 heterocycles. The quantitative estimate of drug-likeness (QED) is 0.469. The monoisotopic (exact) mass is 485 g/mol. The summed E-state index contributed by atoms with van der Waals surface area (Å²) in [5, 5.41) is -0.118. The Bertz CT molecular complexity index is 1270. The number of carbonyl (C=O) groups is 1. The highest BCUT2D eigenvalue weighted by molar-refractivity contribution is 7.89. The van der Waals surface area contributed by atoms with Gasteiger partial charge in [0.05, 0.1) is 12.9 Å². The third-order valence-corrected chi connectivity index (χ3v) is 7.49. The van der Waals surface area contributed by atoms with Gasteiger partial charge in [0.2, 0.25) is 0 Å². The Labute approximate surface area is 199 Å². The van der Waals surface area contributed by atoms with Crippen molar-refractivity contribution in [3.63, 3.8) is 0 Å². The number of hydrogen-bond donors (Lipinski definition) is 1.